The van der Waals surface area contributed by atoms with Crippen molar-refractivity contribution in [1.29, 1.82) is 0 Å². The van der Waals surface area contributed by atoms with Crippen LogP contribution < -0.4 is 5.32 Å². The van der Waals surface area contributed by atoms with Crippen molar-refractivity contribution < 1.29 is 14.7 Å². The van der Waals surface area contributed by atoms with E-state index in [0.29, 0.717) is 11.4 Å². The summed E-state index contributed by atoms with van der Waals surface area (Å²) in [5.74, 6) is -1.53. The highest BCUT2D eigenvalue weighted by Gasteiger charge is 2.22. The van der Waals surface area contributed by atoms with Crippen LogP contribution in [0.2, 0.25) is 0 Å². The third-order valence-electron chi connectivity index (χ3n) is 4.39. The van der Waals surface area contributed by atoms with E-state index < -0.39 is 17.9 Å². The summed E-state index contributed by atoms with van der Waals surface area (Å²) in [4.78, 5) is 29.1. The molecule has 0 saturated carbocycles. The maximum atomic E-state index is 12.1. The minimum absolute atomic E-state index is 0.172. The molecule has 3 aromatic heterocycles. The molecule has 0 radical (unpaired) electrons. The van der Waals surface area contributed by atoms with Gasteiger partial charge in [-0.3, -0.25) is 9.78 Å². The summed E-state index contributed by atoms with van der Waals surface area (Å²) in [6, 6.07) is 10.4. The first-order valence-corrected chi connectivity index (χ1v) is 10.8. The molecule has 10 heteroatoms. The molecule has 0 aliphatic carbocycles. The lowest BCUT2D eigenvalue weighted by atomic mass is 10.0. The molecule has 4 aromatic rings. The Morgan fingerprint density at radius 3 is 2.67 bits per heavy atom. The Morgan fingerprint density at radius 2 is 2.00 bits per heavy atom. The Morgan fingerprint density at radius 1 is 1.17 bits per heavy atom. The second-order valence-electron chi connectivity index (χ2n) is 6.51. The number of aromatic nitrogens is 4. The zero-order valence-corrected chi connectivity index (χ0v) is 17.3. The number of carboxylic acid groups (broad SMARTS) is 1. The lowest BCUT2D eigenvalue weighted by Gasteiger charge is -2.14. The number of hydrogen-bond donors (Lipinski definition) is 2. The molecule has 0 spiro atoms. The van der Waals surface area contributed by atoms with Crippen LogP contribution in [0.4, 0.5) is 0 Å². The van der Waals surface area contributed by atoms with Gasteiger partial charge in [-0.05, 0) is 17.0 Å². The van der Waals surface area contributed by atoms with Crippen LogP contribution >= 0.6 is 22.7 Å². The number of benzene rings is 1. The molecular weight excluding hydrogens is 422 g/mol. The number of nitrogens with one attached hydrogen (secondary N) is 1. The van der Waals surface area contributed by atoms with Gasteiger partial charge in [0.2, 0.25) is 0 Å². The first-order chi connectivity index (χ1) is 14.6. The molecule has 0 fully saturated rings. The van der Waals surface area contributed by atoms with Crippen LogP contribution in [0.25, 0.3) is 11.3 Å². The molecule has 2 N–H and O–H groups in total. The summed E-state index contributed by atoms with van der Waals surface area (Å²) in [6.45, 7) is 0.669. The van der Waals surface area contributed by atoms with Gasteiger partial charge in [0.1, 0.15) is 16.6 Å². The molecule has 152 valence electrons. The van der Waals surface area contributed by atoms with Crippen LogP contribution in [0.1, 0.15) is 20.1 Å². The van der Waals surface area contributed by atoms with E-state index in [4.69, 9.17) is 0 Å². The zero-order chi connectivity index (χ0) is 20.9. The number of carboxylic acids is 1. The SMILES string of the molecule is O=C(N[C@@H](Cc1ccc(-c2cn(Cc3cccs3)nn2)cc1)C(=O)O)c1cncs1. The van der Waals surface area contributed by atoms with Crippen molar-refractivity contribution >= 4 is 34.6 Å². The lowest BCUT2D eigenvalue weighted by molar-refractivity contribution is -0.139. The van der Waals surface area contributed by atoms with Crippen LogP contribution in [0.5, 0.6) is 0 Å². The van der Waals surface area contributed by atoms with E-state index in [1.54, 1.807) is 16.0 Å². The molecule has 1 amide bonds. The molecule has 0 unspecified atom stereocenters. The number of carbonyl (C=O) groups excluding carboxylic acids is 1. The van der Waals surface area contributed by atoms with Crippen LogP contribution in [0.15, 0.2) is 59.7 Å². The quantitative estimate of drug-likeness (QED) is 0.437. The van der Waals surface area contributed by atoms with Gasteiger partial charge in [-0.1, -0.05) is 35.5 Å². The monoisotopic (exact) mass is 439 g/mol. The summed E-state index contributed by atoms with van der Waals surface area (Å²) in [5, 5.41) is 22.4. The number of thiophene rings is 1. The van der Waals surface area contributed by atoms with Gasteiger partial charge in [0.05, 0.1) is 24.4 Å². The van der Waals surface area contributed by atoms with Crippen molar-refractivity contribution in [2.45, 2.75) is 19.0 Å². The Bertz CT molecular complexity index is 1120. The zero-order valence-electron chi connectivity index (χ0n) is 15.6. The molecule has 1 atom stereocenters. The van der Waals surface area contributed by atoms with E-state index in [0.717, 1.165) is 28.2 Å². The van der Waals surface area contributed by atoms with Crippen LogP contribution in [-0.2, 0) is 17.8 Å². The van der Waals surface area contributed by atoms with E-state index in [9.17, 15) is 14.7 Å². The second kappa shape index (κ2) is 8.97. The summed E-state index contributed by atoms with van der Waals surface area (Å²) in [7, 11) is 0. The minimum atomic E-state index is -1.09. The molecule has 0 aliphatic rings. The first-order valence-electron chi connectivity index (χ1n) is 9.02. The van der Waals surface area contributed by atoms with Crippen molar-refractivity contribution in [3.05, 3.63) is 75.0 Å². The Hall–Kier alpha value is -3.37. The average Bonchev–Trinajstić information content (AvgIpc) is 3.51. The van der Waals surface area contributed by atoms with Gasteiger partial charge in [0, 0.05) is 16.9 Å². The van der Waals surface area contributed by atoms with Crippen molar-refractivity contribution in [2.24, 2.45) is 0 Å². The van der Waals surface area contributed by atoms with Gasteiger partial charge in [-0.25, -0.2) is 9.48 Å². The number of rotatable bonds is 8. The molecule has 3 heterocycles. The van der Waals surface area contributed by atoms with E-state index in [1.807, 2.05) is 48.0 Å². The van der Waals surface area contributed by atoms with Gasteiger partial charge < -0.3 is 10.4 Å². The number of hydrogen-bond acceptors (Lipinski definition) is 7. The Kier molecular flexibility index (Phi) is 5.96. The predicted octanol–water partition coefficient (Wildman–Crippen LogP) is 2.94. The average molecular weight is 440 g/mol. The predicted molar refractivity (Wildman–Crippen MR) is 114 cm³/mol. The molecule has 8 nitrogen and oxygen atoms in total. The van der Waals surface area contributed by atoms with Gasteiger partial charge in [0.15, 0.2) is 0 Å². The number of amides is 1. The summed E-state index contributed by atoms with van der Waals surface area (Å²) >= 11 is 2.83. The van der Waals surface area contributed by atoms with Crippen molar-refractivity contribution in [3.63, 3.8) is 0 Å². The maximum absolute atomic E-state index is 12.1. The standard InChI is InChI=1S/C20H17N5O3S2/c26-19(18-9-21-12-30-18)22-16(20(27)28)8-13-3-5-14(6-4-13)17-11-25(24-23-17)10-15-2-1-7-29-15/h1-7,9,11-12,16H,8,10H2,(H,22,26)(H,27,28)/t16-/m0/s1. The Labute approximate surface area is 179 Å². The molecule has 1 aromatic carbocycles. The number of carbonyl (C=O) groups is 2. The molecule has 0 bridgehead atoms. The second-order valence-corrected chi connectivity index (χ2v) is 8.43. The Balaban J connectivity index is 1.41. The number of aliphatic carboxylic acids is 1. The number of nitrogens with zero attached hydrogens (tertiary/aromatic N) is 4. The highest BCUT2D eigenvalue weighted by Crippen LogP contribution is 2.19. The third-order valence-corrected chi connectivity index (χ3v) is 6.02. The highest BCUT2D eigenvalue weighted by molar-refractivity contribution is 7.11. The van der Waals surface area contributed by atoms with Crippen molar-refractivity contribution in [3.8, 4) is 11.3 Å². The van der Waals surface area contributed by atoms with Crippen LogP contribution in [0.3, 0.4) is 0 Å². The van der Waals surface area contributed by atoms with Gasteiger partial charge >= 0.3 is 5.97 Å². The van der Waals surface area contributed by atoms with E-state index >= 15 is 0 Å². The summed E-state index contributed by atoms with van der Waals surface area (Å²) in [6.07, 6.45) is 3.47. The lowest BCUT2D eigenvalue weighted by Crippen LogP contribution is -2.42. The van der Waals surface area contributed by atoms with Crippen LogP contribution in [-0.4, -0.2) is 43.0 Å². The molecular formula is C20H17N5O3S2. The molecule has 0 saturated heterocycles. The molecule has 30 heavy (non-hydrogen) atoms. The fourth-order valence-electron chi connectivity index (χ4n) is 2.87. The fourth-order valence-corrected chi connectivity index (χ4v) is 4.09. The van der Waals surface area contributed by atoms with Crippen molar-refractivity contribution in [1.82, 2.24) is 25.3 Å². The van der Waals surface area contributed by atoms with Crippen molar-refractivity contribution in [2.75, 3.05) is 0 Å². The minimum Gasteiger partial charge on any atom is -0.480 e. The summed E-state index contributed by atoms with van der Waals surface area (Å²) < 4.78 is 1.78. The van der Waals surface area contributed by atoms with E-state index in [2.05, 4.69) is 20.6 Å². The van der Waals surface area contributed by atoms with E-state index in [1.165, 1.54) is 16.6 Å². The number of thiazole rings is 1. The third kappa shape index (κ3) is 4.78. The topological polar surface area (TPSA) is 110 Å². The first kappa shape index (κ1) is 19.9. The fraction of sp³-hybridized carbons (Fsp3) is 0.150. The van der Waals surface area contributed by atoms with Gasteiger partial charge in [-0.2, -0.15) is 0 Å². The smallest absolute Gasteiger partial charge is 0.326 e. The van der Waals surface area contributed by atoms with Crippen LogP contribution in [0, 0.1) is 0 Å². The normalized spacial score (nSPS) is 11.9. The van der Waals surface area contributed by atoms with Gasteiger partial charge in [-0.15, -0.1) is 27.8 Å². The summed E-state index contributed by atoms with van der Waals surface area (Å²) in [5.41, 5.74) is 3.95. The van der Waals surface area contributed by atoms with E-state index in [-0.39, 0.29) is 6.42 Å². The molecule has 0 aliphatic heterocycles. The molecule has 4 rings (SSSR count). The maximum Gasteiger partial charge on any atom is 0.326 e. The highest BCUT2D eigenvalue weighted by atomic mass is 32.1. The van der Waals surface area contributed by atoms with Gasteiger partial charge in [0.25, 0.3) is 5.91 Å². The largest absolute Gasteiger partial charge is 0.480 e.